The van der Waals surface area contributed by atoms with Crippen molar-refractivity contribution in [2.75, 3.05) is 11.5 Å². The lowest BCUT2D eigenvalue weighted by Gasteiger charge is -2.08. The highest BCUT2D eigenvalue weighted by molar-refractivity contribution is 8.02. The highest BCUT2D eigenvalue weighted by Crippen LogP contribution is 2.26. The van der Waals surface area contributed by atoms with E-state index in [2.05, 4.69) is 19.9 Å². The molecule has 0 amide bonds. The van der Waals surface area contributed by atoms with E-state index in [1.807, 2.05) is 23.0 Å². The smallest absolute Gasteiger partial charge is 0.313 e. The molecule has 4 rings (SSSR count). The van der Waals surface area contributed by atoms with E-state index in [0.29, 0.717) is 57.2 Å². The molecule has 0 unspecified atom stereocenters. The molecule has 12 nitrogen and oxygen atoms in total. The quantitative estimate of drug-likeness (QED) is 0.251. The van der Waals surface area contributed by atoms with Crippen LogP contribution in [0.5, 0.6) is 0 Å². The molecule has 182 valence electrons. The summed E-state index contributed by atoms with van der Waals surface area (Å²) in [5, 5.41) is 1.34. The normalized spacial score (nSPS) is 11.8. The third kappa shape index (κ3) is 4.15. The highest BCUT2D eigenvalue weighted by Gasteiger charge is 2.19. The van der Waals surface area contributed by atoms with E-state index < -0.39 is 22.5 Å². The molecule has 0 saturated carbocycles. The van der Waals surface area contributed by atoms with Gasteiger partial charge in [-0.05, 0) is 12.8 Å². The summed E-state index contributed by atoms with van der Waals surface area (Å²) in [5.41, 5.74) is -0.360. The molecule has 0 aromatic carbocycles. The van der Waals surface area contributed by atoms with Crippen molar-refractivity contribution in [3.63, 3.8) is 0 Å². The number of aryl methyl sites for hydroxylation is 4. The lowest BCUT2D eigenvalue weighted by atomic mass is 10.4. The summed E-state index contributed by atoms with van der Waals surface area (Å²) in [7, 11) is 3.17. The molecule has 0 radical (unpaired) electrons. The van der Waals surface area contributed by atoms with E-state index in [9.17, 15) is 19.2 Å². The molecular weight excluding hydrogens is 480 g/mol. The summed E-state index contributed by atoms with van der Waals surface area (Å²) >= 11 is 2.99. The Labute approximate surface area is 201 Å². The number of nitrogens with zero attached hydrogens (tertiary/aromatic N) is 6. The average molecular weight is 507 g/mol. The minimum Gasteiger partial charge on any atom is -0.313 e. The van der Waals surface area contributed by atoms with Crippen molar-refractivity contribution in [3.8, 4) is 0 Å². The molecule has 4 aromatic rings. The highest BCUT2D eigenvalue weighted by atomic mass is 32.2. The van der Waals surface area contributed by atoms with Crippen molar-refractivity contribution in [2.45, 2.75) is 50.1 Å². The SMILES string of the molecule is CCCn1c(SCCSc2nc3c(c(=O)[nH]c(=O)n3C)n2CCC)nc2c1c(=O)[nH]c(=O)n2C. The largest absolute Gasteiger partial charge is 0.329 e. The Bertz CT molecular complexity index is 1480. The molecule has 0 bridgehead atoms. The monoisotopic (exact) mass is 506 g/mol. The number of rotatable bonds is 9. The molecule has 0 fully saturated rings. The summed E-state index contributed by atoms with van der Waals surface area (Å²) in [6.45, 7) is 5.24. The lowest BCUT2D eigenvalue weighted by Crippen LogP contribution is -2.29. The molecule has 0 spiro atoms. The van der Waals surface area contributed by atoms with Gasteiger partial charge in [0.25, 0.3) is 11.1 Å². The number of aromatic nitrogens is 8. The molecule has 4 heterocycles. The van der Waals surface area contributed by atoms with Crippen LogP contribution >= 0.6 is 23.5 Å². The first-order valence-electron chi connectivity index (χ1n) is 10.9. The van der Waals surface area contributed by atoms with Gasteiger partial charge in [0, 0.05) is 38.7 Å². The van der Waals surface area contributed by atoms with Crippen LogP contribution in [0.1, 0.15) is 26.7 Å². The molecular formula is C20H26N8O4S2. The Morgan fingerprint density at radius 1 is 0.706 bits per heavy atom. The summed E-state index contributed by atoms with van der Waals surface area (Å²) in [6, 6.07) is 0. The first kappa shape index (κ1) is 24.1. The van der Waals surface area contributed by atoms with Gasteiger partial charge in [-0.1, -0.05) is 37.4 Å². The van der Waals surface area contributed by atoms with Gasteiger partial charge in [-0.25, -0.2) is 19.6 Å². The molecule has 0 atom stereocenters. The molecule has 4 aromatic heterocycles. The number of hydrogen-bond donors (Lipinski definition) is 2. The minimum absolute atomic E-state index is 0.363. The zero-order valence-corrected chi connectivity index (χ0v) is 21.0. The maximum atomic E-state index is 12.4. The molecule has 0 aliphatic carbocycles. The van der Waals surface area contributed by atoms with Gasteiger partial charge < -0.3 is 9.13 Å². The fourth-order valence-corrected chi connectivity index (χ4v) is 5.79. The van der Waals surface area contributed by atoms with Crippen LogP contribution in [-0.4, -0.2) is 49.7 Å². The van der Waals surface area contributed by atoms with Gasteiger partial charge in [-0.2, -0.15) is 0 Å². The summed E-state index contributed by atoms with van der Waals surface area (Å²) in [6.07, 6.45) is 1.62. The molecule has 0 saturated heterocycles. The van der Waals surface area contributed by atoms with Crippen LogP contribution in [0, 0.1) is 0 Å². The number of imidazole rings is 2. The molecule has 0 aliphatic heterocycles. The number of nitrogens with one attached hydrogen (secondary N) is 2. The van der Waals surface area contributed by atoms with Crippen molar-refractivity contribution in [3.05, 3.63) is 41.7 Å². The van der Waals surface area contributed by atoms with Gasteiger partial charge in [0.05, 0.1) is 0 Å². The van der Waals surface area contributed by atoms with Crippen LogP contribution in [0.4, 0.5) is 0 Å². The maximum absolute atomic E-state index is 12.4. The van der Waals surface area contributed by atoms with Crippen molar-refractivity contribution in [1.29, 1.82) is 0 Å². The minimum atomic E-state index is -0.495. The van der Waals surface area contributed by atoms with Gasteiger partial charge in [-0.3, -0.25) is 28.7 Å². The second kappa shape index (κ2) is 9.70. The Morgan fingerprint density at radius 2 is 1.09 bits per heavy atom. The fourth-order valence-electron chi connectivity index (χ4n) is 3.78. The number of H-pyrrole nitrogens is 2. The third-order valence-electron chi connectivity index (χ3n) is 5.38. The van der Waals surface area contributed by atoms with Crippen molar-refractivity contribution in [1.82, 2.24) is 38.2 Å². The predicted molar refractivity (Wildman–Crippen MR) is 133 cm³/mol. The molecule has 0 aliphatic rings. The first-order valence-corrected chi connectivity index (χ1v) is 12.9. The summed E-state index contributed by atoms with van der Waals surface area (Å²) in [5.74, 6) is 1.32. The van der Waals surface area contributed by atoms with Crippen molar-refractivity contribution < 1.29 is 0 Å². The van der Waals surface area contributed by atoms with E-state index in [1.54, 1.807) is 14.1 Å². The first-order chi connectivity index (χ1) is 16.3. The Hall–Kier alpha value is -3.00. The number of hydrogen-bond acceptors (Lipinski definition) is 8. The maximum Gasteiger partial charge on any atom is 0.329 e. The lowest BCUT2D eigenvalue weighted by molar-refractivity contribution is 0.636. The molecule has 2 N–H and O–H groups in total. The van der Waals surface area contributed by atoms with Crippen LogP contribution in [0.2, 0.25) is 0 Å². The topological polar surface area (TPSA) is 145 Å². The third-order valence-corrected chi connectivity index (χ3v) is 7.60. The standard InChI is InChI=1S/C20H26N8O4S2/c1-5-7-27-11-13(25(3)17(31)23-15(11)29)21-19(27)33-9-10-34-20-22-14-12(28(20)8-6-2)16(30)24-18(32)26(14)4/h5-10H2,1-4H3,(H,23,29,31)(H,24,30,32). The van der Waals surface area contributed by atoms with Gasteiger partial charge in [-0.15, -0.1) is 0 Å². The van der Waals surface area contributed by atoms with Crippen LogP contribution in [0.25, 0.3) is 22.3 Å². The van der Waals surface area contributed by atoms with Crippen LogP contribution in [-0.2, 0) is 27.2 Å². The van der Waals surface area contributed by atoms with Crippen molar-refractivity contribution >= 4 is 45.9 Å². The number of fused-ring (bicyclic) bond motifs is 2. The number of aromatic amines is 2. The van der Waals surface area contributed by atoms with Crippen LogP contribution < -0.4 is 22.5 Å². The second-order valence-electron chi connectivity index (χ2n) is 7.77. The molecule has 34 heavy (non-hydrogen) atoms. The summed E-state index contributed by atoms with van der Waals surface area (Å²) in [4.78, 5) is 62.6. The fraction of sp³-hybridized carbons (Fsp3) is 0.500. The van der Waals surface area contributed by atoms with Crippen LogP contribution in [0.15, 0.2) is 29.5 Å². The van der Waals surface area contributed by atoms with E-state index in [1.165, 1.54) is 32.7 Å². The Morgan fingerprint density at radius 3 is 1.44 bits per heavy atom. The zero-order valence-electron chi connectivity index (χ0n) is 19.4. The van der Waals surface area contributed by atoms with E-state index in [4.69, 9.17) is 0 Å². The van der Waals surface area contributed by atoms with E-state index in [0.717, 1.165) is 12.8 Å². The van der Waals surface area contributed by atoms with E-state index >= 15 is 0 Å². The van der Waals surface area contributed by atoms with Crippen molar-refractivity contribution in [2.24, 2.45) is 14.1 Å². The van der Waals surface area contributed by atoms with Gasteiger partial charge >= 0.3 is 11.4 Å². The zero-order chi connectivity index (χ0) is 24.6. The number of thioether (sulfide) groups is 2. The average Bonchev–Trinajstić information content (AvgIpc) is 3.34. The Kier molecular flexibility index (Phi) is 6.89. The molecule has 14 heteroatoms. The van der Waals surface area contributed by atoms with E-state index in [-0.39, 0.29) is 0 Å². The van der Waals surface area contributed by atoms with Gasteiger partial charge in [0.15, 0.2) is 32.6 Å². The second-order valence-corrected chi connectivity index (χ2v) is 9.89. The predicted octanol–water partition coefficient (Wildman–Crippen LogP) is 0.864. The van der Waals surface area contributed by atoms with Gasteiger partial charge in [0.1, 0.15) is 0 Å². The van der Waals surface area contributed by atoms with Gasteiger partial charge in [0.2, 0.25) is 0 Å². The Balaban J connectivity index is 1.60. The summed E-state index contributed by atoms with van der Waals surface area (Å²) < 4.78 is 6.39. The van der Waals surface area contributed by atoms with Crippen LogP contribution in [0.3, 0.4) is 0 Å².